The summed E-state index contributed by atoms with van der Waals surface area (Å²) in [5.41, 5.74) is 1.21. The normalized spacial score (nSPS) is 27.9. The Morgan fingerprint density at radius 3 is 2.87 bits per heavy atom. The van der Waals surface area contributed by atoms with Gasteiger partial charge in [0.25, 0.3) is 0 Å². The number of pyridine rings is 1. The summed E-state index contributed by atoms with van der Waals surface area (Å²) in [5, 5.41) is 0. The lowest BCUT2D eigenvalue weighted by Gasteiger charge is -2.46. The van der Waals surface area contributed by atoms with Gasteiger partial charge >= 0.3 is 0 Å². The predicted octanol–water partition coefficient (Wildman–Crippen LogP) is 1.83. The van der Waals surface area contributed by atoms with Crippen LogP contribution in [0.4, 0.5) is 0 Å². The molecule has 0 aliphatic carbocycles. The summed E-state index contributed by atoms with van der Waals surface area (Å²) in [6.07, 6.45) is 8.72. The van der Waals surface area contributed by atoms with E-state index in [-0.39, 0.29) is 5.54 Å². The molecule has 5 nitrogen and oxygen atoms in total. The second kappa shape index (κ2) is 6.21. The van der Waals surface area contributed by atoms with E-state index in [0.29, 0.717) is 24.9 Å². The molecule has 4 heterocycles. The minimum Gasteiger partial charge on any atom is -0.380 e. The Balaban J connectivity index is 1.45. The Morgan fingerprint density at radius 2 is 2.17 bits per heavy atom. The zero-order chi connectivity index (χ0) is 15.7. The molecular weight excluding hydrogens is 290 g/mol. The third kappa shape index (κ3) is 2.88. The lowest BCUT2D eigenvalue weighted by Crippen LogP contribution is -2.54. The third-order valence-electron chi connectivity index (χ3n) is 5.89. The van der Waals surface area contributed by atoms with Crippen molar-refractivity contribution in [2.24, 2.45) is 0 Å². The van der Waals surface area contributed by atoms with Crippen molar-refractivity contribution in [3.05, 3.63) is 30.1 Å². The fourth-order valence-corrected chi connectivity index (χ4v) is 4.44. The molecule has 1 amide bonds. The van der Waals surface area contributed by atoms with Gasteiger partial charge < -0.3 is 9.64 Å². The monoisotopic (exact) mass is 315 g/mol. The van der Waals surface area contributed by atoms with Gasteiger partial charge in [-0.1, -0.05) is 6.07 Å². The van der Waals surface area contributed by atoms with Crippen molar-refractivity contribution in [2.45, 2.75) is 50.2 Å². The van der Waals surface area contributed by atoms with Crippen molar-refractivity contribution in [2.75, 3.05) is 26.3 Å². The minimum absolute atomic E-state index is 0.0723. The summed E-state index contributed by atoms with van der Waals surface area (Å²) >= 11 is 0. The molecule has 1 aromatic rings. The molecule has 1 atom stereocenters. The molecule has 124 valence electrons. The van der Waals surface area contributed by atoms with E-state index in [1.807, 2.05) is 12.3 Å². The summed E-state index contributed by atoms with van der Waals surface area (Å²) < 4.78 is 5.53. The smallest absolute Gasteiger partial charge is 0.223 e. The maximum atomic E-state index is 12.5. The molecule has 0 aromatic carbocycles. The molecule has 3 aliphatic rings. The van der Waals surface area contributed by atoms with Crippen LogP contribution in [0.15, 0.2) is 24.5 Å². The topological polar surface area (TPSA) is 45.7 Å². The van der Waals surface area contributed by atoms with E-state index >= 15 is 0 Å². The number of rotatable bonds is 3. The lowest BCUT2D eigenvalue weighted by atomic mass is 9.84. The van der Waals surface area contributed by atoms with Crippen LogP contribution < -0.4 is 0 Å². The molecule has 5 heteroatoms. The summed E-state index contributed by atoms with van der Waals surface area (Å²) in [7, 11) is 0. The molecule has 0 N–H and O–H groups in total. The molecule has 1 aromatic heterocycles. The van der Waals surface area contributed by atoms with Gasteiger partial charge in [0.15, 0.2) is 0 Å². The van der Waals surface area contributed by atoms with Crippen molar-refractivity contribution in [1.29, 1.82) is 0 Å². The Morgan fingerprint density at radius 1 is 1.30 bits per heavy atom. The molecule has 0 bridgehead atoms. The summed E-state index contributed by atoms with van der Waals surface area (Å²) in [5.74, 6) is 0.312. The van der Waals surface area contributed by atoms with Gasteiger partial charge in [-0.05, 0) is 37.3 Å². The first-order valence-corrected chi connectivity index (χ1v) is 8.78. The van der Waals surface area contributed by atoms with Crippen LogP contribution in [0.3, 0.4) is 0 Å². The van der Waals surface area contributed by atoms with E-state index in [1.165, 1.54) is 0 Å². The van der Waals surface area contributed by atoms with E-state index < -0.39 is 0 Å². The maximum Gasteiger partial charge on any atom is 0.223 e. The number of likely N-dealkylation sites (tertiary alicyclic amines) is 2. The van der Waals surface area contributed by atoms with E-state index in [1.54, 1.807) is 6.20 Å². The van der Waals surface area contributed by atoms with Gasteiger partial charge in [0.1, 0.15) is 0 Å². The number of nitrogens with zero attached hydrogens (tertiary/aromatic N) is 3. The summed E-state index contributed by atoms with van der Waals surface area (Å²) in [6, 6.07) is 4.61. The van der Waals surface area contributed by atoms with Crippen molar-refractivity contribution in [3.8, 4) is 0 Å². The zero-order valence-electron chi connectivity index (χ0n) is 13.6. The molecule has 3 fully saturated rings. The van der Waals surface area contributed by atoms with Crippen molar-refractivity contribution >= 4 is 5.91 Å². The predicted molar refractivity (Wildman–Crippen MR) is 86.8 cm³/mol. The van der Waals surface area contributed by atoms with Crippen molar-refractivity contribution < 1.29 is 9.53 Å². The molecular formula is C18H25N3O2. The van der Waals surface area contributed by atoms with Crippen molar-refractivity contribution in [1.82, 2.24) is 14.8 Å². The molecule has 0 radical (unpaired) electrons. The standard InChI is InChI=1S/C18H25N3O2/c22-17-3-5-18(21(17)13-15-2-1-8-19-12-15)6-9-20(10-7-18)16-4-11-23-14-16/h1-2,8,12,16H,3-7,9-11,13-14H2/t16-/m0/s1. The van der Waals surface area contributed by atoms with Crippen LogP contribution in [-0.2, 0) is 16.1 Å². The number of amides is 1. The van der Waals surface area contributed by atoms with Crippen LogP contribution in [0.1, 0.15) is 37.7 Å². The van der Waals surface area contributed by atoms with Gasteiger partial charge in [0.05, 0.1) is 6.61 Å². The number of ether oxygens (including phenoxy) is 1. The van der Waals surface area contributed by atoms with Crippen LogP contribution in [-0.4, -0.2) is 58.6 Å². The first kappa shape index (κ1) is 15.1. The highest BCUT2D eigenvalue weighted by Gasteiger charge is 2.47. The first-order valence-electron chi connectivity index (χ1n) is 8.78. The third-order valence-corrected chi connectivity index (χ3v) is 5.89. The van der Waals surface area contributed by atoms with Crippen LogP contribution in [0, 0.1) is 0 Å². The number of carbonyl (C=O) groups is 1. The van der Waals surface area contributed by atoms with E-state index in [0.717, 1.165) is 57.6 Å². The lowest BCUT2D eigenvalue weighted by molar-refractivity contribution is -0.133. The summed E-state index contributed by atoms with van der Waals surface area (Å²) in [6.45, 7) is 4.66. The number of piperidine rings is 1. The highest BCUT2D eigenvalue weighted by atomic mass is 16.5. The van der Waals surface area contributed by atoms with E-state index in [4.69, 9.17) is 4.74 Å². The SMILES string of the molecule is O=C1CCC2(CCN([C@H]3CCOC3)CC2)N1Cc1cccnc1. The minimum atomic E-state index is 0.0723. The van der Waals surface area contributed by atoms with Gasteiger partial charge in [-0.15, -0.1) is 0 Å². The van der Waals surface area contributed by atoms with Crippen LogP contribution >= 0.6 is 0 Å². The van der Waals surface area contributed by atoms with E-state index in [2.05, 4.69) is 20.9 Å². The first-order chi connectivity index (χ1) is 11.3. The number of aromatic nitrogens is 1. The van der Waals surface area contributed by atoms with Crippen LogP contribution in [0.5, 0.6) is 0 Å². The molecule has 0 saturated carbocycles. The van der Waals surface area contributed by atoms with Gasteiger partial charge in [0.2, 0.25) is 5.91 Å². The average Bonchev–Trinajstić information content (AvgIpc) is 3.22. The average molecular weight is 315 g/mol. The van der Waals surface area contributed by atoms with Gasteiger partial charge in [0, 0.05) is 56.6 Å². The Labute approximate surface area is 137 Å². The van der Waals surface area contributed by atoms with Gasteiger partial charge in [-0.25, -0.2) is 0 Å². The quantitative estimate of drug-likeness (QED) is 0.854. The fraction of sp³-hybridized carbons (Fsp3) is 0.667. The Bertz CT molecular complexity index is 549. The molecule has 0 unspecified atom stereocenters. The van der Waals surface area contributed by atoms with Gasteiger partial charge in [-0.3, -0.25) is 14.7 Å². The number of carbonyl (C=O) groups excluding carboxylic acids is 1. The number of hydrogen-bond donors (Lipinski definition) is 0. The fourth-order valence-electron chi connectivity index (χ4n) is 4.44. The van der Waals surface area contributed by atoms with Crippen molar-refractivity contribution in [3.63, 3.8) is 0 Å². The largest absolute Gasteiger partial charge is 0.380 e. The molecule has 23 heavy (non-hydrogen) atoms. The summed E-state index contributed by atoms with van der Waals surface area (Å²) in [4.78, 5) is 21.4. The van der Waals surface area contributed by atoms with Gasteiger partial charge in [-0.2, -0.15) is 0 Å². The molecule has 3 aliphatic heterocycles. The Hall–Kier alpha value is -1.46. The zero-order valence-corrected chi connectivity index (χ0v) is 13.6. The molecule has 1 spiro atoms. The number of hydrogen-bond acceptors (Lipinski definition) is 4. The highest BCUT2D eigenvalue weighted by molar-refractivity contribution is 5.79. The molecule has 4 rings (SSSR count). The molecule has 3 saturated heterocycles. The van der Waals surface area contributed by atoms with E-state index in [9.17, 15) is 4.79 Å². The second-order valence-corrected chi connectivity index (χ2v) is 7.12. The van der Waals surface area contributed by atoms with Crippen LogP contribution in [0.25, 0.3) is 0 Å². The highest BCUT2D eigenvalue weighted by Crippen LogP contribution is 2.40. The van der Waals surface area contributed by atoms with Crippen LogP contribution in [0.2, 0.25) is 0 Å². The second-order valence-electron chi connectivity index (χ2n) is 7.12. The maximum absolute atomic E-state index is 12.5. The Kier molecular flexibility index (Phi) is 4.07.